The zero-order valence-electron chi connectivity index (χ0n) is 13.4. The molecule has 0 spiro atoms. The third kappa shape index (κ3) is 4.63. The van der Waals surface area contributed by atoms with Gasteiger partial charge in [0.05, 0.1) is 23.5 Å². The lowest BCUT2D eigenvalue weighted by Crippen LogP contribution is -2.26. The molecule has 0 aliphatic rings. The van der Waals surface area contributed by atoms with E-state index in [0.29, 0.717) is 6.42 Å². The fourth-order valence-electron chi connectivity index (χ4n) is 2.57. The number of pyridine rings is 1. The van der Waals surface area contributed by atoms with Crippen LogP contribution in [0.15, 0.2) is 66.7 Å². The van der Waals surface area contributed by atoms with Crippen LogP contribution in [-0.2, 0) is 23.0 Å². The van der Waals surface area contributed by atoms with Gasteiger partial charge in [0.15, 0.2) is 0 Å². The predicted octanol–water partition coefficient (Wildman–Crippen LogP) is 3.29. The molecule has 0 unspecified atom stereocenters. The normalized spacial score (nSPS) is 11.7. The Kier molecular flexibility index (Phi) is 5.23. The number of aryl methyl sites for hydroxylation is 1. The van der Waals surface area contributed by atoms with Crippen molar-refractivity contribution >= 4 is 20.9 Å². The average Bonchev–Trinajstić information content (AvgIpc) is 2.61. The van der Waals surface area contributed by atoms with Crippen LogP contribution >= 0.6 is 0 Å². The molecule has 4 nitrogen and oxygen atoms in total. The van der Waals surface area contributed by atoms with Gasteiger partial charge in [-0.25, -0.2) is 13.1 Å². The first-order valence-electron chi connectivity index (χ1n) is 7.98. The van der Waals surface area contributed by atoms with E-state index in [9.17, 15) is 8.42 Å². The number of fused-ring (bicyclic) bond motifs is 1. The minimum Gasteiger partial charge on any atom is -0.251 e. The van der Waals surface area contributed by atoms with Crippen molar-refractivity contribution < 1.29 is 8.42 Å². The van der Waals surface area contributed by atoms with Gasteiger partial charge < -0.3 is 0 Å². The quantitative estimate of drug-likeness (QED) is 0.718. The van der Waals surface area contributed by atoms with E-state index >= 15 is 0 Å². The minimum atomic E-state index is -3.29. The highest BCUT2D eigenvalue weighted by Gasteiger charge is 2.10. The highest BCUT2D eigenvalue weighted by Crippen LogP contribution is 2.12. The van der Waals surface area contributed by atoms with Crippen LogP contribution < -0.4 is 4.72 Å². The summed E-state index contributed by atoms with van der Waals surface area (Å²) in [6, 6.07) is 21.5. The number of benzene rings is 2. The first-order valence-corrected chi connectivity index (χ1v) is 9.63. The Morgan fingerprint density at radius 3 is 2.46 bits per heavy atom. The van der Waals surface area contributed by atoms with Gasteiger partial charge >= 0.3 is 0 Å². The standard InChI is InChI=1S/C19H20N2O2S/c22-24(23,14-6-9-16-7-2-1-3-8-16)20-15-18-13-12-17-10-4-5-11-19(17)21-18/h1-5,7-8,10-13,20H,6,9,14-15H2. The molecule has 0 aliphatic carbocycles. The van der Waals surface area contributed by atoms with Gasteiger partial charge in [-0.1, -0.05) is 54.6 Å². The summed E-state index contributed by atoms with van der Waals surface area (Å²) >= 11 is 0. The molecule has 3 rings (SSSR count). The smallest absolute Gasteiger partial charge is 0.211 e. The fourth-order valence-corrected chi connectivity index (χ4v) is 3.61. The monoisotopic (exact) mass is 340 g/mol. The first kappa shape index (κ1) is 16.6. The number of rotatable bonds is 7. The third-order valence-electron chi connectivity index (χ3n) is 3.85. The summed E-state index contributed by atoms with van der Waals surface area (Å²) in [5.41, 5.74) is 2.75. The third-order valence-corrected chi connectivity index (χ3v) is 5.26. The number of nitrogens with one attached hydrogen (secondary N) is 1. The van der Waals surface area contributed by atoms with E-state index in [2.05, 4.69) is 9.71 Å². The van der Waals surface area contributed by atoms with Crippen LogP contribution in [0.5, 0.6) is 0 Å². The maximum absolute atomic E-state index is 12.1. The molecule has 0 saturated carbocycles. The lowest BCUT2D eigenvalue weighted by atomic mass is 10.1. The largest absolute Gasteiger partial charge is 0.251 e. The maximum Gasteiger partial charge on any atom is 0.211 e. The van der Waals surface area contributed by atoms with E-state index in [-0.39, 0.29) is 12.3 Å². The SMILES string of the molecule is O=S(=O)(CCCc1ccccc1)NCc1ccc2ccccc2n1. The predicted molar refractivity (Wildman–Crippen MR) is 97.1 cm³/mol. The van der Waals surface area contributed by atoms with Crippen LogP contribution in [0.1, 0.15) is 17.7 Å². The van der Waals surface area contributed by atoms with Crippen molar-refractivity contribution in [3.05, 3.63) is 78.0 Å². The van der Waals surface area contributed by atoms with Crippen molar-refractivity contribution in [2.24, 2.45) is 0 Å². The van der Waals surface area contributed by atoms with Crippen molar-refractivity contribution in [3.63, 3.8) is 0 Å². The van der Waals surface area contributed by atoms with Crippen LogP contribution in [0.2, 0.25) is 0 Å². The second-order valence-corrected chi connectivity index (χ2v) is 7.65. The Labute approximate surface area is 142 Å². The van der Waals surface area contributed by atoms with E-state index < -0.39 is 10.0 Å². The summed E-state index contributed by atoms with van der Waals surface area (Å²) in [4.78, 5) is 4.48. The molecule has 1 heterocycles. The topological polar surface area (TPSA) is 59.1 Å². The highest BCUT2D eigenvalue weighted by atomic mass is 32.2. The summed E-state index contributed by atoms with van der Waals surface area (Å²) < 4.78 is 26.9. The summed E-state index contributed by atoms with van der Waals surface area (Å²) in [6.45, 7) is 0.221. The first-order chi connectivity index (χ1) is 11.6. The molecular weight excluding hydrogens is 320 g/mol. The zero-order chi connectivity index (χ0) is 16.8. The summed E-state index contributed by atoms with van der Waals surface area (Å²) in [5.74, 6) is 0.121. The number of sulfonamides is 1. The Morgan fingerprint density at radius 1 is 0.875 bits per heavy atom. The molecule has 0 amide bonds. The van der Waals surface area contributed by atoms with Gasteiger partial charge in [0.2, 0.25) is 10.0 Å². The molecule has 0 saturated heterocycles. The molecule has 2 aromatic carbocycles. The van der Waals surface area contributed by atoms with Gasteiger partial charge in [0.25, 0.3) is 0 Å². The molecular formula is C19H20N2O2S. The molecule has 124 valence electrons. The number of aromatic nitrogens is 1. The average molecular weight is 340 g/mol. The van der Waals surface area contributed by atoms with E-state index in [1.165, 1.54) is 0 Å². The summed E-state index contributed by atoms with van der Waals surface area (Å²) in [7, 11) is -3.29. The molecule has 0 fully saturated rings. The number of nitrogens with zero attached hydrogens (tertiary/aromatic N) is 1. The summed E-state index contributed by atoms with van der Waals surface area (Å²) in [5, 5.41) is 1.05. The molecule has 0 radical (unpaired) electrons. The second kappa shape index (κ2) is 7.55. The Balaban J connectivity index is 1.54. The van der Waals surface area contributed by atoms with Crippen molar-refractivity contribution in [2.75, 3.05) is 5.75 Å². The van der Waals surface area contributed by atoms with Crippen LogP contribution in [-0.4, -0.2) is 19.2 Å². The zero-order valence-corrected chi connectivity index (χ0v) is 14.2. The van der Waals surface area contributed by atoms with Gasteiger partial charge in [-0.2, -0.15) is 0 Å². The van der Waals surface area contributed by atoms with Gasteiger partial charge in [-0.3, -0.25) is 4.98 Å². The maximum atomic E-state index is 12.1. The molecule has 0 atom stereocenters. The lowest BCUT2D eigenvalue weighted by Gasteiger charge is -2.07. The van der Waals surface area contributed by atoms with E-state index in [1.807, 2.05) is 66.7 Å². The van der Waals surface area contributed by atoms with Gasteiger partial charge in [0, 0.05) is 5.39 Å². The van der Waals surface area contributed by atoms with Crippen LogP contribution in [0.3, 0.4) is 0 Å². The van der Waals surface area contributed by atoms with Crippen LogP contribution in [0, 0.1) is 0 Å². The van der Waals surface area contributed by atoms with E-state index in [1.54, 1.807) is 0 Å². The molecule has 24 heavy (non-hydrogen) atoms. The van der Waals surface area contributed by atoms with E-state index in [4.69, 9.17) is 0 Å². The fraction of sp³-hybridized carbons (Fsp3) is 0.211. The van der Waals surface area contributed by atoms with Crippen LogP contribution in [0.25, 0.3) is 10.9 Å². The lowest BCUT2D eigenvalue weighted by molar-refractivity contribution is 0.577. The number of hydrogen-bond acceptors (Lipinski definition) is 3. The number of hydrogen-bond donors (Lipinski definition) is 1. The Hall–Kier alpha value is -2.24. The molecule has 5 heteroatoms. The van der Waals surface area contributed by atoms with Crippen molar-refractivity contribution in [2.45, 2.75) is 19.4 Å². The molecule has 0 bridgehead atoms. The summed E-state index contributed by atoms with van der Waals surface area (Å²) in [6.07, 6.45) is 1.36. The molecule has 1 N–H and O–H groups in total. The van der Waals surface area contributed by atoms with Crippen molar-refractivity contribution in [3.8, 4) is 0 Å². The van der Waals surface area contributed by atoms with E-state index in [0.717, 1.165) is 28.6 Å². The van der Waals surface area contributed by atoms with Gasteiger partial charge in [0.1, 0.15) is 0 Å². The Morgan fingerprint density at radius 2 is 1.62 bits per heavy atom. The van der Waals surface area contributed by atoms with Crippen LogP contribution in [0.4, 0.5) is 0 Å². The molecule has 3 aromatic rings. The van der Waals surface area contributed by atoms with Gasteiger partial charge in [-0.05, 0) is 30.5 Å². The molecule has 0 aliphatic heterocycles. The van der Waals surface area contributed by atoms with Gasteiger partial charge in [-0.15, -0.1) is 0 Å². The number of para-hydroxylation sites is 1. The Bertz CT molecular complexity index is 909. The highest BCUT2D eigenvalue weighted by molar-refractivity contribution is 7.89. The van der Waals surface area contributed by atoms with Crippen molar-refractivity contribution in [1.82, 2.24) is 9.71 Å². The molecule has 1 aromatic heterocycles. The second-order valence-electron chi connectivity index (χ2n) is 5.72. The minimum absolute atomic E-state index is 0.121. The van der Waals surface area contributed by atoms with Crippen molar-refractivity contribution in [1.29, 1.82) is 0 Å².